The molecule has 2 aromatic heterocycles. The first-order valence-electron chi connectivity index (χ1n) is 7.01. The molecule has 1 aliphatic carbocycles. The summed E-state index contributed by atoms with van der Waals surface area (Å²) in [4.78, 5) is 5.62. The number of rotatable bonds is 4. The summed E-state index contributed by atoms with van der Waals surface area (Å²) >= 11 is 1.66. The molecule has 1 aliphatic rings. The lowest BCUT2D eigenvalue weighted by atomic mass is 9.82. The van der Waals surface area contributed by atoms with E-state index < -0.39 is 0 Å². The van der Waals surface area contributed by atoms with Crippen LogP contribution in [0.15, 0.2) is 11.6 Å². The monoisotopic (exact) mass is 279 g/mol. The summed E-state index contributed by atoms with van der Waals surface area (Å²) in [7, 11) is 0. The first-order valence-corrected chi connectivity index (χ1v) is 7.89. The Morgan fingerprint density at radius 3 is 2.95 bits per heavy atom. The molecule has 0 atom stereocenters. The van der Waals surface area contributed by atoms with Crippen LogP contribution in [0, 0.1) is 6.92 Å². The minimum absolute atomic E-state index is 0.0785. The molecule has 1 fully saturated rings. The number of nitrogens with zero attached hydrogens (tertiary/aromatic N) is 2. The van der Waals surface area contributed by atoms with Crippen LogP contribution >= 0.6 is 11.3 Å². The number of aromatic nitrogens is 2. The van der Waals surface area contributed by atoms with E-state index in [1.165, 1.54) is 25.0 Å². The molecule has 0 spiro atoms. The highest BCUT2D eigenvalue weighted by Crippen LogP contribution is 2.28. The first kappa shape index (κ1) is 13.1. The van der Waals surface area contributed by atoms with Crippen LogP contribution < -0.4 is 5.32 Å². The molecule has 2 heterocycles. The van der Waals surface area contributed by atoms with Crippen LogP contribution in [-0.2, 0) is 6.54 Å². The van der Waals surface area contributed by atoms with Crippen LogP contribution in [0.3, 0.4) is 0 Å². The lowest BCUT2D eigenvalue weighted by Gasteiger charge is -2.36. The van der Waals surface area contributed by atoms with Crippen molar-refractivity contribution in [1.82, 2.24) is 14.7 Å². The number of nitrogens with one attached hydrogen (secondary N) is 1. The zero-order valence-electron chi connectivity index (χ0n) is 11.4. The lowest BCUT2D eigenvalue weighted by molar-refractivity contribution is 0.119. The molecule has 2 N–H and O–H groups in total. The topological polar surface area (TPSA) is 49.6 Å². The fourth-order valence-electron chi connectivity index (χ4n) is 3.04. The molecule has 104 valence electrons. The van der Waals surface area contributed by atoms with Crippen molar-refractivity contribution < 1.29 is 5.11 Å². The Morgan fingerprint density at radius 2 is 2.21 bits per heavy atom. The number of aliphatic hydroxyl groups is 1. The second kappa shape index (κ2) is 5.23. The second-order valence-electron chi connectivity index (χ2n) is 5.55. The van der Waals surface area contributed by atoms with Crippen molar-refractivity contribution >= 4 is 16.3 Å². The molecule has 19 heavy (non-hydrogen) atoms. The maximum Gasteiger partial charge on any atom is 0.194 e. The number of hydrogen-bond donors (Lipinski definition) is 2. The Labute approximate surface area is 117 Å². The maximum atomic E-state index is 9.73. The van der Waals surface area contributed by atoms with Gasteiger partial charge in [-0.15, -0.1) is 11.3 Å². The standard InChI is InChI=1S/C14H21N3OS/c1-11-12(17-7-8-19-13(17)16-11)9-15-14(10-18)5-3-2-4-6-14/h7-8,15,18H,2-6,9-10H2,1H3. The van der Waals surface area contributed by atoms with Gasteiger partial charge in [0.25, 0.3) is 0 Å². The third-order valence-corrected chi connectivity index (χ3v) is 5.06. The van der Waals surface area contributed by atoms with Crippen LogP contribution in [0.1, 0.15) is 43.5 Å². The van der Waals surface area contributed by atoms with E-state index in [1.807, 2.05) is 0 Å². The quantitative estimate of drug-likeness (QED) is 0.904. The number of aryl methyl sites for hydroxylation is 1. The summed E-state index contributed by atoms with van der Waals surface area (Å²) < 4.78 is 2.15. The van der Waals surface area contributed by atoms with E-state index in [0.29, 0.717) is 0 Å². The molecule has 0 radical (unpaired) electrons. The molecule has 0 unspecified atom stereocenters. The summed E-state index contributed by atoms with van der Waals surface area (Å²) in [5, 5.41) is 15.4. The molecular weight excluding hydrogens is 258 g/mol. The Kier molecular flexibility index (Phi) is 3.60. The van der Waals surface area contributed by atoms with E-state index in [-0.39, 0.29) is 12.1 Å². The summed E-state index contributed by atoms with van der Waals surface area (Å²) in [5.74, 6) is 0. The van der Waals surface area contributed by atoms with Gasteiger partial charge in [0.1, 0.15) is 0 Å². The number of thiazole rings is 1. The normalized spacial score (nSPS) is 19.1. The first-order chi connectivity index (χ1) is 9.24. The van der Waals surface area contributed by atoms with E-state index in [4.69, 9.17) is 0 Å². The number of hydrogen-bond acceptors (Lipinski definition) is 4. The lowest BCUT2D eigenvalue weighted by Crippen LogP contribution is -2.49. The van der Waals surface area contributed by atoms with Crippen molar-refractivity contribution in [2.24, 2.45) is 0 Å². The third kappa shape index (κ3) is 2.42. The van der Waals surface area contributed by atoms with Gasteiger partial charge in [0.05, 0.1) is 18.0 Å². The van der Waals surface area contributed by atoms with Gasteiger partial charge in [0, 0.05) is 23.7 Å². The number of aliphatic hydroxyl groups excluding tert-OH is 1. The van der Waals surface area contributed by atoms with Gasteiger partial charge in [-0.25, -0.2) is 4.98 Å². The van der Waals surface area contributed by atoms with Crippen molar-refractivity contribution in [1.29, 1.82) is 0 Å². The Hall–Kier alpha value is -0.910. The summed E-state index contributed by atoms with van der Waals surface area (Å²) in [6.45, 7) is 3.07. The van der Waals surface area contributed by atoms with Crippen molar-refractivity contribution in [3.8, 4) is 0 Å². The van der Waals surface area contributed by atoms with Crippen molar-refractivity contribution in [3.63, 3.8) is 0 Å². The van der Waals surface area contributed by atoms with Crippen LogP contribution in [0.4, 0.5) is 0 Å². The van der Waals surface area contributed by atoms with E-state index in [1.54, 1.807) is 11.3 Å². The molecule has 1 saturated carbocycles. The zero-order chi connectivity index (χ0) is 13.3. The average molecular weight is 279 g/mol. The summed E-state index contributed by atoms with van der Waals surface area (Å²) in [6.07, 6.45) is 7.95. The molecule has 0 saturated heterocycles. The molecule has 0 aliphatic heterocycles. The van der Waals surface area contributed by atoms with E-state index >= 15 is 0 Å². The van der Waals surface area contributed by atoms with Gasteiger partial charge in [-0.2, -0.15) is 0 Å². The number of imidazole rings is 1. The van der Waals surface area contributed by atoms with E-state index in [2.05, 4.69) is 33.2 Å². The Balaban J connectivity index is 1.77. The van der Waals surface area contributed by atoms with Gasteiger partial charge in [-0.3, -0.25) is 4.40 Å². The average Bonchev–Trinajstić information content (AvgIpc) is 2.98. The van der Waals surface area contributed by atoms with Crippen LogP contribution in [0.2, 0.25) is 0 Å². The molecule has 0 bridgehead atoms. The highest BCUT2D eigenvalue weighted by Gasteiger charge is 2.31. The predicted molar refractivity (Wildman–Crippen MR) is 77.5 cm³/mol. The fraction of sp³-hybridized carbons (Fsp3) is 0.643. The molecular formula is C14H21N3OS. The smallest absolute Gasteiger partial charge is 0.194 e. The minimum atomic E-state index is -0.0785. The van der Waals surface area contributed by atoms with Crippen LogP contribution in [0.25, 0.3) is 4.96 Å². The molecule has 3 rings (SSSR count). The van der Waals surface area contributed by atoms with Crippen LogP contribution in [0.5, 0.6) is 0 Å². The molecule has 2 aromatic rings. The van der Waals surface area contributed by atoms with Gasteiger partial charge in [0.15, 0.2) is 4.96 Å². The fourth-order valence-corrected chi connectivity index (χ4v) is 3.82. The third-order valence-electron chi connectivity index (χ3n) is 4.31. The van der Waals surface area contributed by atoms with Crippen molar-refractivity contribution in [2.75, 3.05) is 6.61 Å². The zero-order valence-corrected chi connectivity index (χ0v) is 12.2. The summed E-state index contributed by atoms with van der Waals surface area (Å²) in [5.41, 5.74) is 2.23. The Bertz CT molecular complexity index is 554. The van der Waals surface area contributed by atoms with Crippen molar-refractivity contribution in [3.05, 3.63) is 23.0 Å². The number of fused-ring (bicyclic) bond motifs is 1. The van der Waals surface area contributed by atoms with Crippen LogP contribution in [-0.4, -0.2) is 26.6 Å². The molecule has 0 aromatic carbocycles. The van der Waals surface area contributed by atoms with Gasteiger partial charge >= 0.3 is 0 Å². The molecule has 5 heteroatoms. The van der Waals surface area contributed by atoms with Gasteiger partial charge < -0.3 is 10.4 Å². The van der Waals surface area contributed by atoms with E-state index in [0.717, 1.165) is 30.0 Å². The summed E-state index contributed by atoms with van der Waals surface area (Å²) in [6, 6.07) is 0. The SMILES string of the molecule is Cc1nc2sccn2c1CNC1(CO)CCCCC1. The predicted octanol–water partition coefficient (Wildman–Crippen LogP) is 2.49. The van der Waals surface area contributed by atoms with Gasteiger partial charge in [0.2, 0.25) is 0 Å². The second-order valence-corrected chi connectivity index (χ2v) is 6.43. The van der Waals surface area contributed by atoms with Gasteiger partial charge in [-0.05, 0) is 19.8 Å². The van der Waals surface area contributed by atoms with Crippen molar-refractivity contribution in [2.45, 2.75) is 51.1 Å². The van der Waals surface area contributed by atoms with E-state index in [9.17, 15) is 5.11 Å². The minimum Gasteiger partial charge on any atom is -0.394 e. The highest BCUT2D eigenvalue weighted by molar-refractivity contribution is 7.15. The Morgan fingerprint density at radius 1 is 1.42 bits per heavy atom. The molecule has 4 nitrogen and oxygen atoms in total. The largest absolute Gasteiger partial charge is 0.394 e. The maximum absolute atomic E-state index is 9.73. The highest BCUT2D eigenvalue weighted by atomic mass is 32.1. The van der Waals surface area contributed by atoms with Gasteiger partial charge in [-0.1, -0.05) is 19.3 Å². The molecule has 0 amide bonds.